The molecular weight excluding hydrogens is 218 g/mol. The third kappa shape index (κ3) is 4.10. The van der Waals surface area contributed by atoms with Gasteiger partial charge in [0, 0.05) is 6.42 Å². The lowest BCUT2D eigenvalue weighted by molar-refractivity contribution is -0.934. The predicted octanol–water partition coefficient (Wildman–Crippen LogP) is 3.07. The van der Waals surface area contributed by atoms with E-state index < -0.39 is 0 Å². The standard InChI is InChI=1S/C13H26NOS/c1-4-7-13(15)16-11-10-14(3)9-6-5-8-12(14)2/h12H,4-11H2,1-3H3/q+1. The number of likely N-dealkylation sites (tertiary alicyclic amines) is 1. The molecule has 0 amide bonds. The van der Waals surface area contributed by atoms with Crippen molar-refractivity contribution in [3.05, 3.63) is 0 Å². The molecule has 0 spiro atoms. The molecule has 2 atom stereocenters. The molecule has 0 N–H and O–H groups in total. The molecule has 0 saturated carbocycles. The molecule has 3 heteroatoms. The van der Waals surface area contributed by atoms with Crippen LogP contribution in [0.5, 0.6) is 0 Å². The maximum Gasteiger partial charge on any atom is 0.189 e. The van der Waals surface area contributed by atoms with Gasteiger partial charge in [0.15, 0.2) is 5.12 Å². The third-order valence-electron chi connectivity index (χ3n) is 3.92. The number of quaternary nitrogens is 1. The molecule has 2 nitrogen and oxygen atoms in total. The van der Waals surface area contributed by atoms with Crippen LogP contribution in [0, 0.1) is 0 Å². The Balaban J connectivity index is 2.27. The lowest BCUT2D eigenvalue weighted by Crippen LogP contribution is -2.54. The highest BCUT2D eigenvalue weighted by Gasteiger charge is 2.31. The van der Waals surface area contributed by atoms with Crippen LogP contribution in [0.3, 0.4) is 0 Å². The Morgan fingerprint density at radius 1 is 1.44 bits per heavy atom. The Morgan fingerprint density at radius 3 is 2.81 bits per heavy atom. The van der Waals surface area contributed by atoms with Gasteiger partial charge in [-0.05, 0) is 32.6 Å². The van der Waals surface area contributed by atoms with Gasteiger partial charge in [-0.25, -0.2) is 0 Å². The van der Waals surface area contributed by atoms with Gasteiger partial charge in [-0.15, -0.1) is 0 Å². The van der Waals surface area contributed by atoms with Crippen LogP contribution in [0.2, 0.25) is 0 Å². The molecule has 1 fully saturated rings. The van der Waals surface area contributed by atoms with Gasteiger partial charge in [-0.3, -0.25) is 4.79 Å². The fraction of sp³-hybridized carbons (Fsp3) is 0.923. The van der Waals surface area contributed by atoms with Crippen molar-refractivity contribution in [1.29, 1.82) is 0 Å². The zero-order valence-corrected chi connectivity index (χ0v) is 11.8. The van der Waals surface area contributed by atoms with E-state index in [0.29, 0.717) is 5.12 Å². The maximum atomic E-state index is 11.4. The molecular formula is C13H26NOS+. The van der Waals surface area contributed by atoms with Crippen molar-refractivity contribution < 1.29 is 9.28 Å². The quantitative estimate of drug-likeness (QED) is 0.691. The molecule has 0 aromatic carbocycles. The second kappa shape index (κ2) is 6.65. The SMILES string of the molecule is CCCC(=O)SCC[N+]1(C)CCCCC1C. The van der Waals surface area contributed by atoms with Gasteiger partial charge in [-0.2, -0.15) is 0 Å². The van der Waals surface area contributed by atoms with E-state index >= 15 is 0 Å². The summed E-state index contributed by atoms with van der Waals surface area (Å²) in [5.41, 5.74) is 0. The van der Waals surface area contributed by atoms with Crippen molar-refractivity contribution in [2.45, 2.75) is 52.0 Å². The molecule has 1 aliphatic heterocycles. The molecule has 0 radical (unpaired) electrons. The van der Waals surface area contributed by atoms with Gasteiger partial charge in [0.2, 0.25) is 0 Å². The summed E-state index contributed by atoms with van der Waals surface area (Å²) in [6.45, 7) is 6.88. The Morgan fingerprint density at radius 2 is 2.19 bits per heavy atom. The number of thioether (sulfide) groups is 1. The average Bonchev–Trinajstić information content (AvgIpc) is 2.23. The molecule has 1 aliphatic rings. The first-order valence-electron chi connectivity index (χ1n) is 6.58. The van der Waals surface area contributed by atoms with Crippen molar-refractivity contribution >= 4 is 16.9 Å². The maximum absolute atomic E-state index is 11.4. The zero-order chi connectivity index (χ0) is 12.0. The highest BCUT2D eigenvalue weighted by Crippen LogP contribution is 2.24. The van der Waals surface area contributed by atoms with Crippen molar-refractivity contribution in [2.75, 3.05) is 25.9 Å². The van der Waals surface area contributed by atoms with Crippen LogP contribution in [0.15, 0.2) is 0 Å². The highest BCUT2D eigenvalue weighted by molar-refractivity contribution is 8.13. The van der Waals surface area contributed by atoms with Gasteiger partial charge in [0.1, 0.15) is 0 Å². The average molecular weight is 244 g/mol. The Bertz CT molecular complexity index is 232. The van der Waals surface area contributed by atoms with E-state index in [1.54, 1.807) is 11.8 Å². The van der Waals surface area contributed by atoms with Crippen LogP contribution in [0.4, 0.5) is 0 Å². The summed E-state index contributed by atoms with van der Waals surface area (Å²) in [5, 5.41) is 0.374. The van der Waals surface area contributed by atoms with Crippen molar-refractivity contribution in [2.24, 2.45) is 0 Å². The second-order valence-corrected chi connectivity index (χ2v) is 6.39. The molecule has 2 unspecified atom stereocenters. The summed E-state index contributed by atoms with van der Waals surface area (Å²) >= 11 is 1.54. The fourth-order valence-corrected chi connectivity index (χ4v) is 3.51. The van der Waals surface area contributed by atoms with Crippen LogP contribution in [0.1, 0.15) is 46.0 Å². The zero-order valence-electron chi connectivity index (χ0n) is 11.0. The minimum Gasteiger partial charge on any atom is -0.323 e. The number of rotatable bonds is 5. The number of carbonyl (C=O) groups is 1. The number of piperidine rings is 1. The van der Waals surface area contributed by atoms with Crippen LogP contribution >= 0.6 is 11.8 Å². The molecule has 1 saturated heterocycles. The summed E-state index contributed by atoms with van der Waals surface area (Å²) in [6, 6.07) is 0.774. The monoisotopic (exact) mass is 244 g/mol. The van der Waals surface area contributed by atoms with E-state index in [-0.39, 0.29) is 0 Å². The molecule has 1 heterocycles. The minimum atomic E-state index is 0.374. The molecule has 1 rings (SSSR count). The number of carbonyl (C=O) groups excluding carboxylic acids is 1. The number of hydrogen-bond acceptors (Lipinski definition) is 2. The summed E-state index contributed by atoms with van der Waals surface area (Å²) in [5.74, 6) is 1.000. The first kappa shape index (κ1) is 14.0. The number of nitrogens with zero attached hydrogens (tertiary/aromatic N) is 1. The van der Waals surface area contributed by atoms with Crippen LogP contribution in [0.25, 0.3) is 0 Å². The van der Waals surface area contributed by atoms with E-state index in [2.05, 4.69) is 20.9 Å². The molecule has 94 valence electrons. The van der Waals surface area contributed by atoms with Gasteiger partial charge < -0.3 is 4.48 Å². The highest BCUT2D eigenvalue weighted by atomic mass is 32.2. The van der Waals surface area contributed by atoms with Gasteiger partial charge in [0.25, 0.3) is 0 Å². The molecule has 0 aliphatic carbocycles. The lowest BCUT2D eigenvalue weighted by Gasteiger charge is -2.43. The fourth-order valence-electron chi connectivity index (χ4n) is 2.42. The van der Waals surface area contributed by atoms with Gasteiger partial charge >= 0.3 is 0 Å². The van der Waals surface area contributed by atoms with E-state index in [1.807, 2.05) is 0 Å². The Kier molecular flexibility index (Phi) is 5.84. The predicted molar refractivity (Wildman–Crippen MR) is 71.6 cm³/mol. The minimum absolute atomic E-state index is 0.374. The van der Waals surface area contributed by atoms with Gasteiger partial charge in [0.05, 0.1) is 31.9 Å². The van der Waals surface area contributed by atoms with Crippen molar-refractivity contribution in [3.8, 4) is 0 Å². The van der Waals surface area contributed by atoms with E-state index in [9.17, 15) is 4.79 Å². The van der Waals surface area contributed by atoms with E-state index in [0.717, 1.165) is 31.2 Å². The largest absolute Gasteiger partial charge is 0.323 e. The Hall–Kier alpha value is -0.0200. The third-order valence-corrected chi connectivity index (χ3v) is 4.84. The van der Waals surface area contributed by atoms with Crippen molar-refractivity contribution in [3.63, 3.8) is 0 Å². The summed E-state index contributed by atoms with van der Waals surface area (Å²) in [4.78, 5) is 11.4. The molecule has 0 bridgehead atoms. The smallest absolute Gasteiger partial charge is 0.189 e. The first-order valence-corrected chi connectivity index (χ1v) is 7.57. The van der Waals surface area contributed by atoms with Crippen LogP contribution < -0.4 is 0 Å². The first-order chi connectivity index (χ1) is 7.58. The number of hydrogen-bond donors (Lipinski definition) is 0. The second-order valence-electron chi connectivity index (χ2n) is 5.24. The molecule has 16 heavy (non-hydrogen) atoms. The topological polar surface area (TPSA) is 17.1 Å². The van der Waals surface area contributed by atoms with E-state index in [1.165, 1.54) is 30.3 Å². The molecule has 0 aromatic rings. The van der Waals surface area contributed by atoms with E-state index in [4.69, 9.17) is 0 Å². The summed E-state index contributed by atoms with van der Waals surface area (Å²) in [6.07, 6.45) is 5.81. The lowest BCUT2D eigenvalue weighted by atomic mass is 10.0. The van der Waals surface area contributed by atoms with Crippen LogP contribution in [-0.2, 0) is 4.79 Å². The summed E-state index contributed by atoms with van der Waals surface area (Å²) < 4.78 is 1.17. The summed E-state index contributed by atoms with van der Waals surface area (Å²) in [7, 11) is 2.36. The molecule has 0 aromatic heterocycles. The van der Waals surface area contributed by atoms with Crippen LogP contribution in [-0.4, -0.2) is 41.5 Å². The van der Waals surface area contributed by atoms with Crippen molar-refractivity contribution in [1.82, 2.24) is 0 Å². The Labute approximate surface area is 104 Å². The normalized spacial score (nSPS) is 30.3. The van der Waals surface area contributed by atoms with Gasteiger partial charge in [-0.1, -0.05) is 18.7 Å².